The number of halogens is 1. The molecule has 2 N–H and O–H groups in total. The van der Waals surface area contributed by atoms with E-state index in [4.69, 9.17) is 26.0 Å². The molecule has 1 heterocycles. The van der Waals surface area contributed by atoms with Crippen LogP contribution in [0.1, 0.15) is 41.0 Å². The first-order chi connectivity index (χ1) is 17.8. The van der Waals surface area contributed by atoms with Crippen LogP contribution < -0.4 is 5.32 Å². The van der Waals surface area contributed by atoms with Gasteiger partial charge in [-0.15, -0.1) is 0 Å². The summed E-state index contributed by atoms with van der Waals surface area (Å²) in [6.07, 6.45) is 0.451. The molecular formula is C29H25ClN2O5. The number of benzene rings is 3. The van der Waals surface area contributed by atoms with Gasteiger partial charge >= 0.3 is 12.1 Å². The van der Waals surface area contributed by atoms with Crippen molar-refractivity contribution in [1.82, 2.24) is 5.16 Å². The molecule has 0 bridgehead atoms. The summed E-state index contributed by atoms with van der Waals surface area (Å²) < 4.78 is 11.2. The molecule has 1 aromatic heterocycles. The minimum absolute atomic E-state index is 0.0132. The van der Waals surface area contributed by atoms with E-state index in [1.54, 1.807) is 19.9 Å². The second-order valence-electron chi connectivity index (χ2n) is 9.10. The first kappa shape index (κ1) is 24.6. The molecule has 5 rings (SSSR count). The first-order valence-corrected chi connectivity index (χ1v) is 12.3. The number of fused-ring (bicyclic) bond motifs is 3. The second kappa shape index (κ2) is 10.1. The van der Waals surface area contributed by atoms with Crippen molar-refractivity contribution >= 4 is 29.4 Å². The van der Waals surface area contributed by atoms with E-state index >= 15 is 0 Å². The smallest absolute Gasteiger partial charge is 0.412 e. The van der Waals surface area contributed by atoms with Gasteiger partial charge in [-0.25, -0.2) is 4.79 Å². The van der Waals surface area contributed by atoms with Gasteiger partial charge in [0.05, 0.1) is 6.42 Å². The monoisotopic (exact) mass is 516 g/mol. The van der Waals surface area contributed by atoms with Gasteiger partial charge < -0.3 is 14.4 Å². The van der Waals surface area contributed by atoms with E-state index in [2.05, 4.69) is 10.5 Å². The number of aliphatic carboxylic acids is 1. The van der Waals surface area contributed by atoms with Gasteiger partial charge in [0.2, 0.25) is 0 Å². The van der Waals surface area contributed by atoms with Crippen molar-refractivity contribution < 1.29 is 24.0 Å². The van der Waals surface area contributed by atoms with Crippen LogP contribution in [0.25, 0.3) is 22.5 Å². The van der Waals surface area contributed by atoms with E-state index in [9.17, 15) is 9.59 Å². The van der Waals surface area contributed by atoms with Crippen molar-refractivity contribution in [1.29, 1.82) is 0 Å². The molecule has 0 saturated carbocycles. The number of hydrogen-bond acceptors (Lipinski definition) is 5. The quantitative estimate of drug-likeness (QED) is 0.286. The van der Waals surface area contributed by atoms with Crippen molar-refractivity contribution in [3.63, 3.8) is 0 Å². The zero-order valence-electron chi connectivity index (χ0n) is 20.4. The molecule has 0 unspecified atom stereocenters. The summed E-state index contributed by atoms with van der Waals surface area (Å²) in [7, 11) is 0. The van der Waals surface area contributed by atoms with Crippen molar-refractivity contribution in [3.8, 4) is 22.5 Å². The van der Waals surface area contributed by atoms with E-state index in [1.165, 1.54) is 0 Å². The Morgan fingerprint density at radius 1 is 1.08 bits per heavy atom. The number of carbonyl (C=O) groups is 2. The lowest BCUT2D eigenvalue weighted by molar-refractivity contribution is -0.136. The van der Waals surface area contributed by atoms with Gasteiger partial charge in [0.15, 0.2) is 5.76 Å². The third kappa shape index (κ3) is 5.08. The Bertz CT molecular complexity index is 1510. The highest BCUT2D eigenvalue weighted by Crippen LogP contribution is 2.39. The standard InChI is InChI=1S/C29H25ClN2O5/c1-16-27(31-29(35)36-17(2)22-5-3-4-6-25(22)30)28(37-32-16)21-10-12-24-20(15-21)9-8-19-13-18(14-26(33)34)7-11-23(19)24/h3-7,10-13,15,17H,8-9,14H2,1-2H3,(H,31,35)(H,33,34)/t17-/m1/s1. The highest BCUT2D eigenvalue weighted by molar-refractivity contribution is 6.31. The van der Waals surface area contributed by atoms with E-state index in [0.29, 0.717) is 27.7 Å². The lowest BCUT2D eigenvalue weighted by Gasteiger charge is -2.21. The first-order valence-electron chi connectivity index (χ1n) is 12.0. The number of aryl methyl sites for hydroxylation is 3. The molecule has 37 heavy (non-hydrogen) atoms. The number of nitrogens with one attached hydrogen (secondary N) is 1. The fourth-order valence-corrected chi connectivity index (χ4v) is 5.04. The van der Waals surface area contributed by atoms with Crippen molar-refractivity contribution in [2.75, 3.05) is 5.32 Å². The van der Waals surface area contributed by atoms with Gasteiger partial charge in [-0.3, -0.25) is 10.1 Å². The van der Waals surface area contributed by atoms with Crippen molar-refractivity contribution in [2.24, 2.45) is 0 Å². The number of carboxylic acid groups (broad SMARTS) is 1. The van der Waals surface area contributed by atoms with Crippen LogP contribution in [-0.2, 0) is 28.8 Å². The molecule has 0 aliphatic heterocycles. The maximum atomic E-state index is 12.7. The zero-order valence-corrected chi connectivity index (χ0v) is 21.1. The average Bonchev–Trinajstić information content (AvgIpc) is 3.22. The maximum Gasteiger partial charge on any atom is 0.412 e. The Hall–Kier alpha value is -4.10. The molecule has 3 aromatic carbocycles. The van der Waals surface area contributed by atoms with Crippen LogP contribution in [0, 0.1) is 6.92 Å². The summed E-state index contributed by atoms with van der Waals surface area (Å²) in [6, 6.07) is 19.1. The van der Waals surface area contributed by atoms with Crippen LogP contribution in [0.2, 0.25) is 5.02 Å². The van der Waals surface area contributed by atoms with Crippen LogP contribution in [0.15, 0.2) is 65.2 Å². The number of ether oxygens (including phenoxy) is 1. The normalized spacial score (nSPS) is 12.8. The second-order valence-corrected chi connectivity index (χ2v) is 9.51. The Morgan fingerprint density at radius 3 is 2.51 bits per heavy atom. The number of carboxylic acids is 1. The highest BCUT2D eigenvalue weighted by Gasteiger charge is 2.23. The lowest BCUT2D eigenvalue weighted by Crippen LogP contribution is -2.17. The van der Waals surface area contributed by atoms with Gasteiger partial charge in [-0.05, 0) is 66.6 Å². The SMILES string of the molecule is Cc1noc(-c2ccc3c(c2)CCc2cc(CC(=O)O)ccc2-3)c1NC(=O)O[C@H](C)c1ccccc1Cl. The molecule has 1 aliphatic carbocycles. The number of rotatable bonds is 6. The predicted molar refractivity (Wildman–Crippen MR) is 141 cm³/mol. The van der Waals surface area contributed by atoms with Crippen molar-refractivity contribution in [3.05, 3.63) is 93.6 Å². The Labute approximate surface area is 219 Å². The summed E-state index contributed by atoms with van der Waals surface area (Å²) in [5.41, 5.74) is 7.79. The number of hydrogen-bond donors (Lipinski definition) is 2. The molecule has 1 aliphatic rings. The summed E-state index contributed by atoms with van der Waals surface area (Å²) in [5.74, 6) is -0.389. The Morgan fingerprint density at radius 2 is 1.78 bits per heavy atom. The Kier molecular flexibility index (Phi) is 6.72. The summed E-state index contributed by atoms with van der Waals surface area (Å²) in [5, 5.41) is 16.5. The third-order valence-corrected chi connectivity index (χ3v) is 6.91. The molecule has 0 fully saturated rings. The maximum absolute atomic E-state index is 12.7. The van der Waals surface area contributed by atoms with E-state index in [-0.39, 0.29) is 6.42 Å². The van der Waals surface area contributed by atoms with Crippen LogP contribution in [-0.4, -0.2) is 22.3 Å². The van der Waals surface area contributed by atoms with Crippen LogP contribution in [0.3, 0.4) is 0 Å². The molecule has 1 amide bonds. The number of aromatic nitrogens is 1. The van der Waals surface area contributed by atoms with Crippen LogP contribution in [0.4, 0.5) is 10.5 Å². The zero-order chi connectivity index (χ0) is 26.1. The number of anilines is 1. The van der Waals surface area contributed by atoms with E-state index < -0.39 is 18.2 Å². The van der Waals surface area contributed by atoms with Gasteiger partial charge in [0, 0.05) is 16.1 Å². The average molecular weight is 517 g/mol. The highest BCUT2D eigenvalue weighted by atomic mass is 35.5. The van der Waals surface area contributed by atoms with Crippen molar-refractivity contribution in [2.45, 2.75) is 39.2 Å². The Balaban J connectivity index is 1.37. The largest absolute Gasteiger partial charge is 0.481 e. The van der Waals surface area contributed by atoms with Crippen LogP contribution in [0.5, 0.6) is 0 Å². The molecule has 0 saturated heterocycles. The van der Waals surface area contributed by atoms with E-state index in [0.717, 1.165) is 46.2 Å². The molecule has 0 radical (unpaired) electrons. The summed E-state index contributed by atoms with van der Waals surface area (Å²) in [4.78, 5) is 23.8. The molecule has 4 aromatic rings. The minimum Gasteiger partial charge on any atom is -0.481 e. The fraction of sp³-hybridized carbons (Fsp3) is 0.207. The number of nitrogens with zero attached hydrogens (tertiary/aromatic N) is 1. The summed E-state index contributed by atoms with van der Waals surface area (Å²) >= 11 is 6.23. The topological polar surface area (TPSA) is 102 Å². The molecular weight excluding hydrogens is 492 g/mol. The molecule has 1 atom stereocenters. The van der Waals surface area contributed by atoms with E-state index in [1.807, 2.05) is 54.6 Å². The third-order valence-electron chi connectivity index (χ3n) is 6.56. The van der Waals surface area contributed by atoms with Gasteiger partial charge in [0.25, 0.3) is 0 Å². The fourth-order valence-electron chi connectivity index (χ4n) is 4.75. The van der Waals surface area contributed by atoms with Gasteiger partial charge in [-0.1, -0.05) is 65.3 Å². The molecule has 0 spiro atoms. The van der Waals surface area contributed by atoms with Crippen LogP contribution >= 0.6 is 11.6 Å². The molecule has 188 valence electrons. The van der Waals surface area contributed by atoms with Gasteiger partial charge in [-0.2, -0.15) is 0 Å². The summed E-state index contributed by atoms with van der Waals surface area (Å²) in [6.45, 7) is 3.51. The molecule has 7 nitrogen and oxygen atoms in total. The number of carbonyl (C=O) groups excluding carboxylic acids is 1. The van der Waals surface area contributed by atoms with Gasteiger partial charge in [0.1, 0.15) is 17.5 Å². The molecule has 8 heteroatoms. The minimum atomic E-state index is -0.838. The lowest BCUT2D eigenvalue weighted by atomic mass is 9.83. The number of amides is 1. The predicted octanol–water partition coefficient (Wildman–Crippen LogP) is 7.01.